The molecule has 0 spiro atoms. The van der Waals surface area contributed by atoms with Gasteiger partial charge < -0.3 is 10.5 Å². The predicted octanol–water partition coefficient (Wildman–Crippen LogP) is 0.531. The normalized spacial score (nSPS) is 10.9. The lowest BCUT2D eigenvalue weighted by molar-refractivity contribution is -0.119. The van der Waals surface area contributed by atoms with Gasteiger partial charge in [0.25, 0.3) is 5.91 Å². The first-order chi connectivity index (χ1) is 8.43. The fourth-order valence-electron chi connectivity index (χ4n) is 1.14. The molecule has 100 valence electrons. The Kier molecular flexibility index (Phi) is 5.24. The Labute approximate surface area is 110 Å². The highest BCUT2D eigenvalue weighted by molar-refractivity contribution is 7.92. The molecule has 8 heteroatoms. The van der Waals surface area contributed by atoms with Gasteiger partial charge in [0.05, 0.1) is 11.4 Å². The van der Waals surface area contributed by atoms with Crippen molar-refractivity contribution in [2.45, 2.75) is 0 Å². The van der Waals surface area contributed by atoms with E-state index < -0.39 is 15.9 Å². The quantitative estimate of drug-likeness (QED) is 0.716. The molecule has 0 fully saturated rings. The monoisotopic (exact) mass is 292 g/mol. The van der Waals surface area contributed by atoms with Crippen LogP contribution in [0.25, 0.3) is 0 Å². The van der Waals surface area contributed by atoms with Crippen LogP contribution in [-0.4, -0.2) is 32.6 Å². The number of carbonyl (C=O) groups excluding carboxylic acids is 1. The summed E-state index contributed by atoms with van der Waals surface area (Å²) in [5.74, 6) is -0.434. The van der Waals surface area contributed by atoms with E-state index in [9.17, 15) is 13.2 Å². The maximum absolute atomic E-state index is 11.5. The summed E-state index contributed by atoms with van der Waals surface area (Å²) in [5.41, 5.74) is 5.26. The Bertz CT molecular complexity index is 518. The van der Waals surface area contributed by atoms with Crippen molar-refractivity contribution < 1.29 is 17.9 Å². The van der Waals surface area contributed by atoms with Gasteiger partial charge in [-0.05, 0) is 12.1 Å². The van der Waals surface area contributed by atoms with Crippen molar-refractivity contribution in [3.63, 3.8) is 0 Å². The van der Waals surface area contributed by atoms with Crippen molar-refractivity contribution in [2.24, 2.45) is 5.73 Å². The van der Waals surface area contributed by atoms with E-state index in [4.69, 9.17) is 22.1 Å². The van der Waals surface area contributed by atoms with Gasteiger partial charge in [-0.25, -0.2) is 8.42 Å². The lowest BCUT2D eigenvalue weighted by Gasteiger charge is -2.08. The second-order valence-electron chi connectivity index (χ2n) is 3.39. The van der Waals surface area contributed by atoms with Crippen LogP contribution in [0.4, 0.5) is 5.69 Å². The molecular formula is C10H13ClN2O4S. The zero-order valence-corrected chi connectivity index (χ0v) is 11.0. The fourth-order valence-corrected chi connectivity index (χ4v) is 2.54. The van der Waals surface area contributed by atoms with E-state index in [2.05, 4.69) is 4.72 Å². The molecule has 0 radical (unpaired) electrons. The number of hydrogen-bond donors (Lipinski definition) is 2. The largest absolute Gasteiger partial charge is 0.484 e. The number of halogens is 1. The van der Waals surface area contributed by atoms with Gasteiger partial charge in [0.2, 0.25) is 10.0 Å². The van der Waals surface area contributed by atoms with E-state index in [0.717, 1.165) is 0 Å². The molecule has 3 N–H and O–H groups in total. The first kappa shape index (κ1) is 14.6. The highest BCUT2D eigenvalue weighted by atomic mass is 35.5. The van der Waals surface area contributed by atoms with Crippen LogP contribution in [-0.2, 0) is 14.8 Å². The number of benzene rings is 1. The number of amides is 1. The van der Waals surface area contributed by atoms with Crippen LogP contribution < -0.4 is 15.2 Å². The Morgan fingerprint density at radius 2 is 2.17 bits per heavy atom. The van der Waals surface area contributed by atoms with Crippen LogP contribution in [0, 0.1) is 0 Å². The molecule has 6 nitrogen and oxygen atoms in total. The van der Waals surface area contributed by atoms with Crippen molar-refractivity contribution >= 4 is 33.2 Å². The second-order valence-corrected chi connectivity index (χ2v) is 5.61. The number of hydrogen-bond acceptors (Lipinski definition) is 4. The fraction of sp³-hybridized carbons (Fsp3) is 0.300. The molecule has 1 rings (SSSR count). The summed E-state index contributed by atoms with van der Waals surface area (Å²) in [6, 6.07) is 6.19. The third-order valence-electron chi connectivity index (χ3n) is 1.83. The van der Waals surface area contributed by atoms with E-state index in [1.165, 1.54) is 6.07 Å². The minimum absolute atomic E-state index is 0.00714. The molecule has 18 heavy (non-hydrogen) atoms. The van der Waals surface area contributed by atoms with Crippen LogP contribution in [0.2, 0.25) is 0 Å². The van der Waals surface area contributed by atoms with Crippen LogP contribution in [0.5, 0.6) is 5.75 Å². The third kappa shape index (κ3) is 5.24. The number of nitrogens with two attached hydrogens (primary N) is 1. The Morgan fingerprint density at radius 3 is 2.78 bits per heavy atom. The smallest absolute Gasteiger partial charge is 0.255 e. The minimum Gasteiger partial charge on any atom is -0.484 e. The van der Waals surface area contributed by atoms with Gasteiger partial charge in [0, 0.05) is 11.9 Å². The zero-order chi connectivity index (χ0) is 13.6. The van der Waals surface area contributed by atoms with Gasteiger partial charge in [-0.3, -0.25) is 9.52 Å². The Balaban J connectivity index is 2.73. The topological polar surface area (TPSA) is 98.5 Å². The summed E-state index contributed by atoms with van der Waals surface area (Å²) in [5, 5.41) is 0. The lowest BCUT2D eigenvalue weighted by Crippen LogP contribution is -2.20. The summed E-state index contributed by atoms with van der Waals surface area (Å²) in [4.78, 5) is 10.5. The number of anilines is 1. The zero-order valence-electron chi connectivity index (χ0n) is 9.43. The standard InChI is InChI=1S/C10H13ClN2O4S/c11-4-5-18(15,16)13-8-2-1-3-9(6-8)17-7-10(12)14/h1-3,6,13H,4-5,7H2,(H2,12,14). The van der Waals surface area contributed by atoms with Crippen LogP contribution in [0.1, 0.15) is 0 Å². The number of ether oxygens (including phenoxy) is 1. The summed E-state index contributed by atoms with van der Waals surface area (Å²) in [7, 11) is -3.46. The molecule has 0 saturated carbocycles. The van der Waals surface area contributed by atoms with Crippen LogP contribution in [0.15, 0.2) is 24.3 Å². The average Bonchev–Trinajstić information content (AvgIpc) is 2.26. The summed E-state index contributed by atoms with van der Waals surface area (Å²) in [6.45, 7) is -0.266. The Hall–Kier alpha value is -1.47. The van der Waals surface area contributed by atoms with E-state index >= 15 is 0 Å². The maximum Gasteiger partial charge on any atom is 0.255 e. The van der Waals surface area contributed by atoms with E-state index in [-0.39, 0.29) is 18.2 Å². The average molecular weight is 293 g/mol. The third-order valence-corrected chi connectivity index (χ3v) is 3.54. The van der Waals surface area contributed by atoms with Gasteiger partial charge in [0.15, 0.2) is 6.61 Å². The molecule has 0 atom stereocenters. The molecular weight excluding hydrogens is 280 g/mol. The van der Waals surface area contributed by atoms with Crippen molar-refractivity contribution in [3.05, 3.63) is 24.3 Å². The molecule has 0 aliphatic carbocycles. The van der Waals surface area contributed by atoms with E-state index in [1.54, 1.807) is 18.2 Å². The van der Waals surface area contributed by atoms with Crippen molar-refractivity contribution in [1.29, 1.82) is 0 Å². The van der Waals surface area contributed by atoms with Gasteiger partial charge >= 0.3 is 0 Å². The number of sulfonamides is 1. The minimum atomic E-state index is -3.46. The molecule has 0 unspecified atom stereocenters. The molecule has 0 aliphatic rings. The molecule has 1 aromatic carbocycles. The molecule has 0 heterocycles. The summed E-state index contributed by atoms with van der Waals surface area (Å²) >= 11 is 5.37. The maximum atomic E-state index is 11.5. The molecule has 1 amide bonds. The molecule has 0 aliphatic heterocycles. The molecule has 1 aromatic rings. The van der Waals surface area contributed by atoms with Gasteiger partial charge in [0.1, 0.15) is 5.75 Å². The van der Waals surface area contributed by atoms with Crippen molar-refractivity contribution in [2.75, 3.05) is 23.0 Å². The van der Waals surface area contributed by atoms with E-state index in [0.29, 0.717) is 11.4 Å². The van der Waals surface area contributed by atoms with Crippen LogP contribution >= 0.6 is 11.6 Å². The van der Waals surface area contributed by atoms with Crippen LogP contribution in [0.3, 0.4) is 0 Å². The molecule has 0 saturated heterocycles. The first-order valence-electron chi connectivity index (χ1n) is 5.00. The number of primary amides is 1. The predicted molar refractivity (Wildman–Crippen MR) is 69.3 cm³/mol. The Morgan fingerprint density at radius 1 is 1.44 bits per heavy atom. The summed E-state index contributed by atoms with van der Waals surface area (Å²) in [6.07, 6.45) is 0. The number of alkyl halides is 1. The summed E-state index contributed by atoms with van der Waals surface area (Å²) < 4.78 is 30.3. The highest BCUT2D eigenvalue weighted by Crippen LogP contribution is 2.18. The molecule has 0 aromatic heterocycles. The van der Waals surface area contributed by atoms with Gasteiger partial charge in [-0.15, -0.1) is 11.6 Å². The number of nitrogens with one attached hydrogen (secondary N) is 1. The number of carbonyl (C=O) groups is 1. The van der Waals surface area contributed by atoms with Crippen molar-refractivity contribution in [3.8, 4) is 5.75 Å². The van der Waals surface area contributed by atoms with Crippen molar-refractivity contribution in [1.82, 2.24) is 0 Å². The number of rotatable bonds is 7. The second kappa shape index (κ2) is 6.46. The first-order valence-corrected chi connectivity index (χ1v) is 7.19. The van der Waals surface area contributed by atoms with E-state index in [1.807, 2.05) is 0 Å². The van der Waals surface area contributed by atoms with Gasteiger partial charge in [-0.2, -0.15) is 0 Å². The van der Waals surface area contributed by atoms with Gasteiger partial charge in [-0.1, -0.05) is 6.07 Å². The lowest BCUT2D eigenvalue weighted by atomic mass is 10.3. The highest BCUT2D eigenvalue weighted by Gasteiger charge is 2.09. The SMILES string of the molecule is NC(=O)COc1cccc(NS(=O)(=O)CCCl)c1. The molecule has 0 bridgehead atoms.